The Hall–Kier alpha value is -0.920. The first-order valence-electron chi connectivity index (χ1n) is 6.27. The van der Waals surface area contributed by atoms with Gasteiger partial charge in [0.25, 0.3) is 0 Å². The molecule has 6 nitrogen and oxygen atoms in total. The largest absolute Gasteiger partial charge is 0.347 e. The first-order chi connectivity index (χ1) is 8.59. The Morgan fingerprint density at radius 3 is 2.78 bits per heavy atom. The third-order valence-corrected chi connectivity index (χ3v) is 6.12. The molecule has 0 unspecified atom stereocenters. The monoisotopic (exact) mass is 270 g/mol. The molecule has 1 atom stereocenters. The summed E-state index contributed by atoms with van der Waals surface area (Å²) in [5.41, 5.74) is 0. The van der Waals surface area contributed by atoms with Crippen LogP contribution in [0.2, 0.25) is 0 Å². The van der Waals surface area contributed by atoms with Gasteiger partial charge in [-0.25, -0.2) is 13.4 Å². The van der Waals surface area contributed by atoms with Gasteiger partial charge < -0.3 is 4.98 Å². The second-order valence-electron chi connectivity index (χ2n) is 5.07. The van der Waals surface area contributed by atoms with E-state index in [1.165, 1.54) is 0 Å². The molecule has 2 aliphatic rings. The number of nitrogens with zero attached hydrogens (tertiary/aromatic N) is 3. The number of hydrogen-bond donors (Lipinski definition) is 1. The van der Waals surface area contributed by atoms with E-state index in [2.05, 4.69) is 14.9 Å². The lowest BCUT2D eigenvalue weighted by Gasteiger charge is -2.37. The van der Waals surface area contributed by atoms with Crippen molar-refractivity contribution in [1.29, 1.82) is 0 Å². The molecule has 1 aliphatic carbocycles. The zero-order valence-corrected chi connectivity index (χ0v) is 11.2. The molecule has 1 aliphatic heterocycles. The molecule has 2 heterocycles. The van der Waals surface area contributed by atoms with Gasteiger partial charge in [0.15, 0.2) is 0 Å². The summed E-state index contributed by atoms with van der Waals surface area (Å²) in [5, 5.41) is -0.127. The summed E-state index contributed by atoms with van der Waals surface area (Å²) in [6, 6.07) is 0.0299. The number of H-pyrrole nitrogens is 1. The number of hydrogen-bond acceptors (Lipinski definition) is 4. The fraction of sp³-hybridized carbons (Fsp3) is 0.727. The summed E-state index contributed by atoms with van der Waals surface area (Å²) < 4.78 is 26.1. The van der Waals surface area contributed by atoms with Crippen LogP contribution >= 0.6 is 0 Å². The number of aromatic nitrogens is 2. The number of sulfonamides is 1. The Balaban J connectivity index is 1.80. The molecule has 1 aromatic heterocycles. The predicted octanol–water partition coefficient (Wildman–Crippen LogP) is 0.190. The third kappa shape index (κ3) is 2.06. The molecular weight excluding hydrogens is 252 g/mol. The highest BCUT2D eigenvalue weighted by Crippen LogP contribution is 2.33. The molecule has 18 heavy (non-hydrogen) atoms. The molecule has 1 saturated heterocycles. The van der Waals surface area contributed by atoms with Crippen molar-refractivity contribution in [3.63, 3.8) is 0 Å². The SMILES string of the molecule is CN1CCN(S(=O)(=O)C2CC2)C[C@@H]1c1ncc[nH]1. The van der Waals surface area contributed by atoms with Crippen molar-refractivity contribution in [2.24, 2.45) is 0 Å². The third-order valence-electron chi connectivity index (χ3n) is 3.75. The van der Waals surface area contributed by atoms with Crippen molar-refractivity contribution >= 4 is 10.0 Å². The molecule has 0 amide bonds. The molecule has 100 valence electrons. The maximum absolute atomic E-state index is 12.2. The molecule has 3 rings (SSSR count). The second-order valence-corrected chi connectivity index (χ2v) is 7.29. The summed E-state index contributed by atoms with van der Waals surface area (Å²) in [7, 11) is -1.06. The Morgan fingerprint density at radius 2 is 2.17 bits per heavy atom. The predicted molar refractivity (Wildman–Crippen MR) is 67.5 cm³/mol. The van der Waals surface area contributed by atoms with Crippen molar-refractivity contribution in [3.05, 3.63) is 18.2 Å². The quantitative estimate of drug-likeness (QED) is 0.851. The number of nitrogens with one attached hydrogen (secondary N) is 1. The van der Waals surface area contributed by atoms with Crippen LogP contribution in [-0.2, 0) is 10.0 Å². The maximum Gasteiger partial charge on any atom is 0.217 e. The van der Waals surface area contributed by atoms with E-state index >= 15 is 0 Å². The highest BCUT2D eigenvalue weighted by molar-refractivity contribution is 7.90. The lowest BCUT2D eigenvalue weighted by molar-refractivity contribution is 0.142. The minimum atomic E-state index is -3.07. The number of piperazine rings is 1. The highest BCUT2D eigenvalue weighted by Gasteiger charge is 2.42. The van der Waals surface area contributed by atoms with Gasteiger partial charge in [-0.05, 0) is 19.9 Å². The maximum atomic E-state index is 12.2. The van der Waals surface area contributed by atoms with Crippen LogP contribution in [0.25, 0.3) is 0 Å². The van der Waals surface area contributed by atoms with Crippen LogP contribution in [0.4, 0.5) is 0 Å². The van der Waals surface area contributed by atoms with Gasteiger partial charge >= 0.3 is 0 Å². The van der Waals surface area contributed by atoms with Crippen molar-refractivity contribution in [3.8, 4) is 0 Å². The van der Waals surface area contributed by atoms with E-state index in [9.17, 15) is 8.42 Å². The van der Waals surface area contributed by atoms with Crippen LogP contribution in [0.1, 0.15) is 24.7 Å². The fourth-order valence-electron chi connectivity index (χ4n) is 2.41. The van der Waals surface area contributed by atoms with Crippen molar-refractivity contribution in [2.75, 3.05) is 26.7 Å². The molecule has 0 aromatic carbocycles. The number of aromatic amines is 1. The minimum Gasteiger partial charge on any atom is -0.347 e. The van der Waals surface area contributed by atoms with Gasteiger partial charge in [-0.1, -0.05) is 0 Å². The molecular formula is C11H18N4O2S. The van der Waals surface area contributed by atoms with Crippen molar-refractivity contribution in [1.82, 2.24) is 19.2 Å². The van der Waals surface area contributed by atoms with Gasteiger partial charge in [0.05, 0.1) is 11.3 Å². The van der Waals surface area contributed by atoms with E-state index < -0.39 is 10.0 Å². The van der Waals surface area contributed by atoms with Crippen molar-refractivity contribution < 1.29 is 8.42 Å². The summed E-state index contributed by atoms with van der Waals surface area (Å²) in [4.78, 5) is 9.48. The Bertz CT molecular complexity index is 509. The summed E-state index contributed by atoms with van der Waals surface area (Å²) >= 11 is 0. The lowest BCUT2D eigenvalue weighted by atomic mass is 10.2. The van der Waals surface area contributed by atoms with Gasteiger partial charge in [-0.15, -0.1) is 0 Å². The zero-order valence-electron chi connectivity index (χ0n) is 10.4. The van der Waals surface area contributed by atoms with E-state index in [0.717, 1.165) is 25.2 Å². The fourth-order valence-corrected chi connectivity index (χ4v) is 4.25. The molecule has 0 radical (unpaired) electrons. The normalized spacial score (nSPS) is 27.5. The first kappa shape index (κ1) is 12.1. The van der Waals surface area contributed by atoms with E-state index in [1.807, 2.05) is 7.05 Å². The number of rotatable bonds is 3. The van der Waals surface area contributed by atoms with Crippen LogP contribution in [0.3, 0.4) is 0 Å². The Labute approximate surface area is 107 Å². The van der Waals surface area contributed by atoms with E-state index in [0.29, 0.717) is 13.1 Å². The van der Waals surface area contributed by atoms with Crippen LogP contribution in [0, 0.1) is 0 Å². The summed E-state index contributed by atoms with van der Waals surface area (Å²) in [6.07, 6.45) is 5.12. The average Bonchev–Trinajstić information content (AvgIpc) is 3.08. The molecule has 1 N–H and O–H groups in total. The second kappa shape index (κ2) is 4.32. The van der Waals surface area contributed by atoms with Crippen LogP contribution < -0.4 is 0 Å². The summed E-state index contributed by atoms with van der Waals surface area (Å²) in [6.45, 7) is 1.84. The van der Waals surface area contributed by atoms with Crippen LogP contribution in [0.15, 0.2) is 12.4 Å². The van der Waals surface area contributed by atoms with Crippen molar-refractivity contribution in [2.45, 2.75) is 24.1 Å². The van der Waals surface area contributed by atoms with Gasteiger partial charge in [-0.2, -0.15) is 4.31 Å². The molecule has 7 heteroatoms. The topological polar surface area (TPSA) is 69.3 Å². The van der Waals surface area contributed by atoms with E-state index in [4.69, 9.17) is 0 Å². The highest BCUT2D eigenvalue weighted by atomic mass is 32.2. The molecule has 0 bridgehead atoms. The Kier molecular flexibility index (Phi) is 2.91. The molecule has 2 fully saturated rings. The van der Waals surface area contributed by atoms with Gasteiger partial charge in [0.1, 0.15) is 5.82 Å². The summed E-state index contributed by atoms with van der Waals surface area (Å²) in [5.74, 6) is 0.841. The van der Waals surface area contributed by atoms with Crippen LogP contribution in [-0.4, -0.2) is 59.5 Å². The van der Waals surface area contributed by atoms with E-state index in [1.54, 1.807) is 16.7 Å². The zero-order chi connectivity index (χ0) is 12.8. The van der Waals surface area contributed by atoms with Crippen LogP contribution in [0.5, 0.6) is 0 Å². The number of imidazole rings is 1. The molecule has 0 spiro atoms. The standard InChI is InChI=1S/C11H18N4O2S/c1-14-6-7-15(18(16,17)9-2-3-9)8-10(14)11-12-4-5-13-11/h4-5,9-10H,2-3,6-8H2,1H3,(H,12,13)/t10-/m1/s1. The van der Waals surface area contributed by atoms with Gasteiger partial charge in [-0.3, -0.25) is 4.90 Å². The minimum absolute atomic E-state index is 0.0299. The first-order valence-corrected chi connectivity index (χ1v) is 7.78. The number of likely N-dealkylation sites (N-methyl/N-ethyl adjacent to an activating group) is 1. The molecule has 1 aromatic rings. The molecule has 1 saturated carbocycles. The van der Waals surface area contributed by atoms with Gasteiger partial charge in [0.2, 0.25) is 10.0 Å². The lowest BCUT2D eigenvalue weighted by Crippen LogP contribution is -2.50. The van der Waals surface area contributed by atoms with Gasteiger partial charge in [0, 0.05) is 32.0 Å². The smallest absolute Gasteiger partial charge is 0.217 e. The Morgan fingerprint density at radius 1 is 1.39 bits per heavy atom. The average molecular weight is 270 g/mol. The van der Waals surface area contributed by atoms with E-state index in [-0.39, 0.29) is 11.3 Å².